The van der Waals surface area contributed by atoms with Gasteiger partial charge in [0, 0.05) is 38.9 Å². The van der Waals surface area contributed by atoms with Gasteiger partial charge in [-0.05, 0) is 23.9 Å². The number of benzene rings is 1. The van der Waals surface area contributed by atoms with Crippen molar-refractivity contribution in [3.8, 4) is 0 Å². The smallest absolute Gasteiger partial charge is 0.332 e. The molecule has 0 fully saturated rings. The topological polar surface area (TPSA) is 95.8 Å². The predicted octanol–water partition coefficient (Wildman–Crippen LogP) is 0.595. The van der Waals surface area contributed by atoms with E-state index in [0.717, 1.165) is 17.5 Å². The Morgan fingerprint density at radius 2 is 1.86 bits per heavy atom. The third-order valence-corrected chi connectivity index (χ3v) is 5.11. The molecule has 0 aliphatic carbocycles. The average Bonchev–Trinajstić information content (AvgIpc) is 3.32. The van der Waals surface area contributed by atoms with Gasteiger partial charge < -0.3 is 14.5 Å². The van der Waals surface area contributed by atoms with Crippen LogP contribution in [0.3, 0.4) is 0 Å². The number of carbonyl (C=O) groups is 1. The monoisotopic (exact) mass is 394 g/mol. The van der Waals surface area contributed by atoms with Crippen LogP contribution < -0.4 is 16.6 Å². The van der Waals surface area contributed by atoms with Gasteiger partial charge in [-0.1, -0.05) is 18.2 Å². The molecule has 0 unspecified atom stereocenters. The highest BCUT2D eigenvalue weighted by Crippen LogP contribution is 2.15. The largest absolute Gasteiger partial charge is 0.354 e. The molecule has 4 aromatic rings. The van der Waals surface area contributed by atoms with Crippen molar-refractivity contribution in [2.24, 2.45) is 14.1 Å². The Morgan fingerprint density at radius 1 is 1.07 bits per heavy atom. The van der Waals surface area contributed by atoms with Gasteiger partial charge in [0.2, 0.25) is 5.91 Å². The number of hydrogen-bond acceptors (Lipinski definition) is 4. The van der Waals surface area contributed by atoms with Crippen LogP contribution >= 0.6 is 0 Å². The zero-order valence-corrected chi connectivity index (χ0v) is 16.3. The molecule has 0 aliphatic heterocycles. The van der Waals surface area contributed by atoms with Crippen molar-refractivity contribution in [2.75, 3.05) is 6.54 Å². The zero-order valence-electron chi connectivity index (χ0n) is 16.3. The Bertz CT molecular complexity index is 1320. The van der Waals surface area contributed by atoms with Crippen molar-refractivity contribution < 1.29 is 4.79 Å². The highest BCUT2D eigenvalue weighted by Gasteiger charge is 2.15. The molecule has 0 radical (unpaired) electrons. The first-order valence-electron chi connectivity index (χ1n) is 9.39. The summed E-state index contributed by atoms with van der Waals surface area (Å²) in [4.78, 5) is 40.9. The van der Waals surface area contributed by atoms with Gasteiger partial charge in [0.25, 0.3) is 5.56 Å². The summed E-state index contributed by atoms with van der Waals surface area (Å²) in [5.41, 5.74) is 0.765. The molecule has 1 amide bonds. The van der Waals surface area contributed by atoms with Crippen LogP contribution in [0.25, 0.3) is 22.1 Å². The van der Waals surface area contributed by atoms with Gasteiger partial charge >= 0.3 is 5.69 Å². The lowest BCUT2D eigenvalue weighted by Gasteiger charge is -2.09. The molecule has 3 heterocycles. The minimum absolute atomic E-state index is 0.0314. The minimum Gasteiger partial charge on any atom is -0.354 e. The van der Waals surface area contributed by atoms with Gasteiger partial charge in [0.05, 0.1) is 6.33 Å². The third-order valence-electron chi connectivity index (χ3n) is 5.11. The Hall–Kier alpha value is -3.62. The summed E-state index contributed by atoms with van der Waals surface area (Å²) in [7, 11) is 2.96. The molecule has 1 N–H and O–H groups in total. The van der Waals surface area contributed by atoms with Crippen LogP contribution in [-0.2, 0) is 32.0 Å². The number of aromatic nitrogens is 5. The fraction of sp³-hybridized carbons (Fsp3) is 0.300. The van der Waals surface area contributed by atoms with E-state index in [1.54, 1.807) is 7.05 Å². The first kappa shape index (κ1) is 18.7. The number of nitrogens with zero attached hydrogens (tertiary/aromatic N) is 5. The van der Waals surface area contributed by atoms with Crippen LogP contribution in [0.5, 0.6) is 0 Å². The van der Waals surface area contributed by atoms with E-state index in [0.29, 0.717) is 6.54 Å². The molecular formula is C20H22N6O3. The predicted molar refractivity (Wildman–Crippen MR) is 110 cm³/mol. The number of aryl methyl sites for hydroxylation is 2. The molecule has 9 heteroatoms. The highest BCUT2D eigenvalue weighted by molar-refractivity contribution is 5.80. The molecule has 0 spiro atoms. The maximum atomic E-state index is 12.4. The second-order valence-corrected chi connectivity index (χ2v) is 7.02. The number of rotatable bonds is 6. The normalized spacial score (nSPS) is 11.4. The maximum Gasteiger partial charge on any atom is 0.332 e. The van der Waals surface area contributed by atoms with E-state index >= 15 is 0 Å². The quantitative estimate of drug-likeness (QED) is 0.484. The van der Waals surface area contributed by atoms with Crippen molar-refractivity contribution in [1.29, 1.82) is 0 Å². The number of imidazole rings is 1. The van der Waals surface area contributed by atoms with E-state index < -0.39 is 11.2 Å². The second kappa shape index (κ2) is 7.42. The fourth-order valence-electron chi connectivity index (χ4n) is 3.54. The lowest BCUT2D eigenvalue weighted by Crippen LogP contribution is -2.38. The number of fused-ring (bicyclic) bond motifs is 2. The van der Waals surface area contributed by atoms with Crippen molar-refractivity contribution >= 4 is 28.0 Å². The van der Waals surface area contributed by atoms with Crippen LogP contribution in [0, 0.1) is 0 Å². The number of carbonyl (C=O) groups excluding carboxylic acids is 1. The van der Waals surface area contributed by atoms with E-state index in [1.165, 1.54) is 33.4 Å². The molecule has 9 nitrogen and oxygen atoms in total. The van der Waals surface area contributed by atoms with E-state index in [9.17, 15) is 14.4 Å². The number of para-hydroxylation sites is 1. The average molecular weight is 394 g/mol. The van der Waals surface area contributed by atoms with Gasteiger partial charge in [-0.25, -0.2) is 9.78 Å². The Labute approximate surface area is 165 Å². The molecule has 0 atom stereocenters. The Kier molecular flexibility index (Phi) is 4.79. The van der Waals surface area contributed by atoms with Gasteiger partial charge in [-0.15, -0.1) is 0 Å². The van der Waals surface area contributed by atoms with E-state index in [2.05, 4.69) is 33.1 Å². The summed E-state index contributed by atoms with van der Waals surface area (Å²) < 4.78 is 5.95. The second-order valence-electron chi connectivity index (χ2n) is 7.02. The third kappa shape index (κ3) is 3.35. The molecule has 0 saturated carbocycles. The Morgan fingerprint density at radius 3 is 2.69 bits per heavy atom. The summed E-state index contributed by atoms with van der Waals surface area (Å²) in [6.45, 7) is 1.29. The van der Waals surface area contributed by atoms with Crippen molar-refractivity contribution in [1.82, 2.24) is 28.6 Å². The van der Waals surface area contributed by atoms with Gasteiger partial charge in [-0.3, -0.25) is 18.7 Å². The molecule has 3 aromatic heterocycles. The van der Waals surface area contributed by atoms with Crippen LogP contribution in [0.15, 0.2) is 52.4 Å². The first-order valence-corrected chi connectivity index (χ1v) is 9.39. The summed E-state index contributed by atoms with van der Waals surface area (Å²) in [6.07, 6.45) is 4.24. The van der Waals surface area contributed by atoms with Gasteiger partial charge in [0.1, 0.15) is 6.54 Å². The summed E-state index contributed by atoms with van der Waals surface area (Å²) in [6, 6.07) is 10.2. The first-order chi connectivity index (χ1) is 14.0. The van der Waals surface area contributed by atoms with E-state index in [4.69, 9.17) is 0 Å². The molecule has 0 saturated heterocycles. The SMILES string of the molecule is Cn1c(=O)c2c(ncn2CC(=O)NCCCn2ccc3ccccc32)n(C)c1=O. The van der Waals surface area contributed by atoms with Crippen LogP contribution in [0.2, 0.25) is 0 Å². The summed E-state index contributed by atoms with van der Waals surface area (Å²) in [5, 5.41) is 4.07. The fourth-order valence-corrected chi connectivity index (χ4v) is 3.54. The lowest BCUT2D eigenvalue weighted by molar-refractivity contribution is -0.121. The highest BCUT2D eigenvalue weighted by atomic mass is 16.2. The van der Waals surface area contributed by atoms with Crippen molar-refractivity contribution in [3.05, 3.63) is 63.7 Å². The standard InChI is InChI=1S/C20H22N6O3/c1-23-18-17(19(28)24(2)20(23)29)26(13-22-18)12-16(27)21-9-5-10-25-11-8-14-6-3-4-7-15(14)25/h3-4,6-8,11,13H,5,9-10,12H2,1-2H3,(H,21,27). The van der Waals surface area contributed by atoms with Gasteiger partial charge in [0.15, 0.2) is 11.2 Å². The number of hydrogen-bond donors (Lipinski definition) is 1. The molecule has 4 rings (SSSR count). The van der Waals surface area contributed by atoms with Crippen molar-refractivity contribution in [2.45, 2.75) is 19.5 Å². The summed E-state index contributed by atoms with van der Waals surface area (Å²) >= 11 is 0. The van der Waals surface area contributed by atoms with Gasteiger partial charge in [-0.2, -0.15) is 0 Å². The molecule has 150 valence electrons. The lowest BCUT2D eigenvalue weighted by atomic mass is 10.2. The molecule has 0 aliphatic rings. The van der Waals surface area contributed by atoms with Crippen LogP contribution in [-0.4, -0.2) is 35.7 Å². The molecule has 1 aromatic carbocycles. The summed E-state index contributed by atoms with van der Waals surface area (Å²) in [5.74, 6) is -0.211. The number of nitrogens with one attached hydrogen (secondary N) is 1. The van der Waals surface area contributed by atoms with E-state index in [1.807, 2.05) is 18.3 Å². The molecular weight excluding hydrogens is 372 g/mol. The van der Waals surface area contributed by atoms with Crippen LogP contribution in [0.1, 0.15) is 6.42 Å². The van der Waals surface area contributed by atoms with E-state index in [-0.39, 0.29) is 23.6 Å². The molecule has 29 heavy (non-hydrogen) atoms. The maximum absolute atomic E-state index is 12.4. The Balaban J connectivity index is 1.39. The minimum atomic E-state index is -0.465. The molecule has 0 bridgehead atoms. The van der Waals surface area contributed by atoms with Crippen LogP contribution in [0.4, 0.5) is 0 Å². The number of amides is 1. The van der Waals surface area contributed by atoms with Crippen molar-refractivity contribution in [3.63, 3.8) is 0 Å². The zero-order chi connectivity index (χ0) is 20.5.